The quantitative estimate of drug-likeness (QED) is 0.146. The molecule has 0 aliphatic rings. The Morgan fingerprint density at radius 3 is 2.66 bits per heavy atom. The molecule has 0 aliphatic carbocycles. The van der Waals surface area contributed by atoms with E-state index in [9.17, 15) is 17.6 Å². The summed E-state index contributed by atoms with van der Waals surface area (Å²) in [7, 11) is -3.43. The lowest BCUT2D eigenvalue weighted by atomic mass is 9.99. The monoisotopic (exact) mass is 611 g/mol. The Morgan fingerprint density at radius 2 is 1.84 bits per heavy atom. The number of nitrogens with zero attached hydrogens (tertiary/aromatic N) is 3. The minimum absolute atomic E-state index is 0.0166. The van der Waals surface area contributed by atoms with Crippen LogP contribution < -0.4 is 10.0 Å². The van der Waals surface area contributed by atoms with E-state index in [1.165, 1.54) is 12.1 Å². The number of rotatable bonds is 10. The van der Waals surface area contributed by atoms with Crippen molar-refractivity contribution < 1.29 is 17.6 Å². The number of halogens is 1. The first-order chi connectivity index (χ1) is 21.2. The van der Waals surface area contributed by atoms with Crippen LogP contribution in [0.25, 0.3) is 55.6 Å². The molecule has 0 fully saturated rings. The van der Waals surface area contributed by atoms with Crippen LogP contribution in [0, 0.1) is 5.82 Å². The smallest absolute Gasteiger partial charge is 0.224 e. The maximum Gasteiger partial charge on any atom is 0.224 e. The van der Waals surface area contributed by atoms with Crippen LogP contribution in [0.15, 0.2) is 73.2 Å². The maximum absolute atomic E-state index is 14.6. The number of unbranched alkanes of at least 4 members (excludes halogenated alkanes) is 1. The van der Waals surface area contributed by atoms with E-state index in [4.69, 9.17) is 0 Å². The molecular weight excluding hydrogens is 581 g/mol. The lowest BCUT2D eigenvalue weighted by Crippen LogP contribution is -2.21. The van der Waals surface area contributed by atoms with Crippen LogP contribution >= 0.6 is 0 Å². The van der Waals surface area contributed by atoms with Crippen LogP contribution in [-0.4, -0.2) is 45.7 Å². The zero-order chi connectivity index (χ0) is 30.8. The fraction of sp³-hybridized carbons (Fsp3) is 0.188. The van der Waals surface area contributed by atoms with Crippen molar-refractivity contribution in [2.75, 3.05) is 11.6 Å². The number of hydrogen-bond donors (Lipinski definition) is 4. The number of aromatic amines is 2. The van der Waals surface area contributed by atoms with Crippen molar-refractivity contribution in [2.24, 2.45) is 0 Å². The van der Waals surface area contributed by atoms with Gasteiger partial charge in [-0.2, -0.15) is 5.10 Å². The maximum atomic E-state index is 14.6. The van der Waals surface area contributed by atoms with E-state index >= 15 is 0 Å². The number of carbonyl (C=O) groups excluding carboxylic acids is 1. The molecule has 4 aromatic heterocycles. The Labute approximate surface area is 253 Å². The number of anilines is 1. The van der Waals surface area contributed by atoms with Gasteiger partial charge in [0.1, 0.15) is 11.5 Å². The first-order valence-electron chi connectivity index (χ1n) is 14.1. The highest BCUT2D eigenvalue weighted by Gasteiger charge is 2.16. The lowest BCUT2D eigenvalue weighted by molar-refractivity contribution is -0.116. The van der Waals surface area contributed by atoms with Gasteiger partial charge in [0.25, 0.3) is 0 Å². The summed E-state index contributed by atoms with van der Waals surface area (Å²) in [4.78, 5) is 24.6. The summed E-state index contributed by atoms with van der Waals surface area (Å²) in [5.41, 5.74) is 6.95. The molecule has 224 valence electrons. The van der Waals surface area contributed by atoms with Gasteiger partial charge in [0.05, 0.1) is 41.2 Å². The van der Waals surface area contributed by atoms with E-state index < -0.39 is 15.8 Å². The first-order valence-corrected chi connectivity index (χ1v) is 16.0. The van der Waals surface area contributed by atoms with Gasteiger partial charge in [-0.15, -0.1) is 0 Å². The molecule has 4 N–H and O–H groups in total. The molecule has 0 unspecified atom stereocenters. The Morgan fingerprint density at radius 1 is 0.977 bits per heavy atom. The first kappa shape index (κ1) is 29.1. The molecule has 2 aromatic carbocycles. The Balaban J connectivity index is 1.35. The van der Waals surface area contributed by atoms with Gasteiger partial charge in [-0.25, -0.2) is 17.5 Å². The fourth-order valence-electron chi connectivity index (χ4n) is 5.15. The second-order valence-corrected chi connectivity index (χ2v) is 12.5. The van der Waals surface area contributed by atoms with Crippen molar-refractivity contribution in [1.29, 1.82) is 0 Å². The van der Waals surface area contributed by atoms with Crippen LogP contribution in [0.4, 0.5) is 10.1 Å². The molecule has 10 nitrogen and oxygen atoms in total. The molecule has 0 radical (unpaired) electrons. The summed E-state index contributed by atoms with van der Waals surface area (Å²) in [6, 6.07) is 16.0. The zero-order valence-corrected chi connectivity index (χ0v) is 24.9. The molecule has 44 heavy (non-hydrogen) atoms. The zero-order valence-electron chi connectivity index (χ0n) is 24.1. The molecule has 0 atom stereocenters. The van der Waals surface area contributed by atoms with Gasteiger partial charge in [-0.1, -0.05) is 25.5 Å². The summed E-state index contributed by atoms with van der Waals surface area (Å²) in [5, 5.41) is 12.2. The normalized spacial score (nSPS) is 11.8. The number of sulfonamides is 1. The molecule has 1 amide bonds. The minimum Gasteiger partial charge on any atom is -0.353 e. The van der Waals surface area contributed by atoms with E-state index in [2.05, 4.69) is 35.2 Å². The van der Waals surface area contributed by atoms with E-state index in [0.29, 0.717) is 34.6 Å². The fourth-order valence-corrected chi connectivity index (χ4v) is 5.57. The summed E-state index contributed by atoms with van der Waals surface area (Å²) < 4.78 is 40.2. The van der Waals surface area contributed by atoms with E-state index in [-0.39, 0.29) is 12.5 Å². The molecule has 0 saturated carbocycles. The van der Waals surface area contributed by atoms with Gasteiger partial charge in [-0.3, -0.25) is 19.9 Å². The van der Waals surface area contributed by atoms with Crippen molar-refractivity contribution in [3.05, 3.63) is 84.6 Å². The number of fused-ring (bicyclic) bond motifs is 2. The Kier molecular flexibility index (Phi) is 7.93. The highest BCUT2D eigenvalue weighted by molar-refractivity contribution is 7.88. The van der Waals surface area contributed by atoms with Crippen LogP contribution in [0.5, 0.6) is 0 Å². The number of aromatic nitrogens is 5. The highest BCUT2D eigenvalue weighted by atomic mass is 32.2. The average Bonchev–Trinajstić information content (AvgIpc) is 3.62. The molecule has 12 heteroatoms. The van der Waals surface area contributed by atoms with Crippen LogP contribution in [0.1, 0.15) is 31.7 Å². The lowest BCUT2D eigenvalue weighted by Gasteiger charge is -2.08. The number of carbonyl (C=O) groups is 1. The minimum atomic E-state index is -3.43. The predicted octanol–water partition coefficient (Wildman–Crippen LogP) is 6.15. The molecular formula is C32H30FN7O3S. The van der Waals surface area contributed by atoms with Crippen LogP contribution in [0.2, 0.25) is 0 Å². The molecule has 0 aliphatic heterocycles. The average molecular weight is 612 g/mol. The van der Waals surface area contributed by atoms with Crippen molar-refractivity contribution in [1.82, 2.24) is 29.9 Å². The van der Waals surface area contributed by atoms with Gasteiger partial charge in [0.2, 0.25) is 15.9 Å². The second kappa shape index (κ2) is 12.0. The van der Waals surface area contributed by atoms with Crippen LogP contribution in [-0.2, 0) is 21.4 Å². The largest absolute Gasteiger partial charge is 0.353 e. The number of H-pyrrole nitrogens is 2. The van der Waals surface area contributed by atoms with E-state index in [1.54, 1.807) is 24.7 Å². The van der Waals surface area contributed by atoms with Crippen molar-refractivity contribution in [3.8, 4) is 33.8 Å². The number of nitrogens with one attached hydrogen (secondary N) is 4. The highest BCUT2D eigenvalue weighted by Crippen LogP contribution is 2.35. The van der Waals surface area contributed by atoms with Crippen LogP contribution in [0.3, 0.4) is 0 Å². The summed E-state index contributed by atoms with van der Waals surface area (Å²) >= 11 is 0. The van der Waals surface area contributed by atoms with Gasteiger partial charge < -0.3 is 10.3 Å². The Bertz CT molecular complexity index is 2120. The van der Waals surface area contributed by atoms with Crippen molar-refractivity contribution >= 4 is 43.4 Å². The number of hydrogen-bond acceptors (Lipinski definition) is 6. The summed E-state index contributed by atoms with van der Waals surface area (Å²) in [5.74, 6) is -0.512. The van der Waals surface area contributed by atoms with E-state index in [1.807, 2.05) is 43.3 Å². The molecule has 4 heterocycles. The third-order valence-corrected chi connectivity index (χ3v) is 7.92. The van der Waals surface area contributed by atoms with Crippen molar-refractivity contribution in [2.45, 2.75) is 32.7 Å². The SMILES string of the molecule is CCCCC(=O)Nc1cncc(-c2cc3c(-c4cc5c(-c6cc(F)cc(CNS(C)(=O)=O)c6)cccc5[nH]4)n[nH]c3cn2)c1. The molecule has 0 bridgehead atoms. The number of amides is 1. The standard InChI is InChI=1S/C32H30FN7O3S/c1-3-4-8-31(41)37-23-12-21(16-34-17-23)28-14-26-30(18-35-28)39-40-32(26)29-13-25-24(6-5-7-27(25)38-29)20-9-19(10-22(33)11-20)15-36-44(2,42)43/h5-7,9-14,16-18,36,38H,3-4,8,15H2,1-2H3,(H,37,41)(H,39,40). The summed E-state index contributed by atoms with van der Waals surface area (Å²) in [6.07, 6.45) is 8.30. The number of pyridine rings is 2. The van der Waals surface area contributed by atoms with Crippen molar-refractivity contribution in [3.63, 3.8) is 0 Å². The van der Waals surface area contributed by atoms with Gasteiger partial charge in [-0.05, 0) is 65.6 Å². The molecule has 6 aromatic rings. The predicted molar refractivity (Wildman–Crippen MR) is 170 cm³/mol. The molecule has 0 spiro atoms. The van der Waals surface area contributed by atoms with Gasteiger partial charge >= 0.3 is 0 Å². The molecule has 0 saturated heterocycles. The van der Waals surface area contributed by atoms with Gasteiger partial charge in [0.15, 0.2) is 0 Å². The molecule has 6 rings (SSSR count). The Hall–Kier alpha value is -4.94. The topological polar surface area (TPSA) is 146 Å². The third kappa shape index (κ3) is 6.36. The number of benzene rings is 2. The van der Waals surface area contributed by atoms with Gasteiger partial charge in [0, 0.05) is 41.0 Å². The summed E-state index contributed by atoms with van der Waals surface area (Å²) in [6.45, 7) is 2.03. The second-order valence-electron chi connectivity index (χ2n) is 10.7. The van der Waals surface area contributed by atoms with E-state index in [0.717, 1.165) is 57.7 Å². The third-order valence-electron chi connectivity index (χ3n) is 7.25.